The first-order valence-electron chi connectivity index (χ1n) is 5.47. The van der Waals surface area contributed by atoms with Crippen molar-refractivity contribution in [2.45, 2.75) is 6.92 Å². The number of anilines is 1. The summed E-state index contributed by atoms with van der Waals surface area (Å²) < 4.78 is 3.60. The van der Waals surface area contributed by atoms with E-state index in [-0.39, 0.29) is 10.8 Å². The zero-order chi connectivity index (χ0) is 14.5. The molecule has 0 aliphatic heterocycles. The fraction of sp³-hybridized carbons (Fsp3) is 0.0909. The van der Waals surface area contributed by atoms with E-state index < -0.39 is 5.91 Å². The lowest BCUT2D eigenvalue weighted by Gasteiger charge is -2.12. The second kappa shape index (κ2) is 6.60. The van der Waals surface area contributed by atoms with Crippen LogP contribution in [-0.2, 0) is 0 Å². The van der Waals surface area contributed by atoms with Gasteiger partial charge >= 0.3 is 0 Å². The summed E-state index contributed by atoms with van der Waals surface area (Å²) in [4.78, 5) is 11.6. The molecule has 1 aromatic carbocycles. The van der Waals surface area contributed by atoms with Gasteiger partial charge in [0.1, 0.15) is 0 Å². The van der Waals surface area contributed by atoms with Crippen molar-refractivity contribution < 1.29 is 4.79 Å². The SMILES string of the molecule is Cc1ccc(NC(=S)NNC(=O)c2csnn2)c(Cl)c1. The Morgan fingerprint density at radius 3 is 2.85 bits per heavy atom. The van der Waals surface area contributed by atoms with Crippen LogP contribution in [0.1, 0.15) is 16.1 Å². The van der Waals surface area contributed by atoms with E-state index in [1.807, 2.05) is 19.1 Å². The highest BCUT2D eigenvalue weighted by Crippen LogP contribution is 2.22. The van der Waals surface area contributed by atoms with Gasteiger partial charge in [-0.05, 0) is 48.4 Å². The Morgan fingerprint density at radius 2 is 2.20 bits per heavy atom. The maximum atomic E-state index is 11.6. The van der Waals surface area contributed by atoms with Gasteiger partial charge < -0.3 is 5.32 Å². The van der Waals surface area contributed by atoms with Gasteiger partial charge in [0.25, 0.3) is 5.91 Å². The van der Waals surface area contributed by atoms with Crippen LogP contribution in [0.15, 0.2) is 23.6 Å². The third-order valence-corrected chi connectivity index (χ3v) is 3.28. The highest BCUT2D eigenvalue weighted by Gasteiger charge is 2.09. The molecule has 6 nitrogen and oxygen atoms in total. The van der Waals surface area contributed by atoms with Crippen molar-refractivity contribution >= 4 is 52.1 Å². The molecule has 0 aliphatic rings. The zero-order valence-electron chi connectivity index (χ0n) is 10.3. The zero-order valence-corrected chi connectivity index (χ0v) is 12.7. The molecule has 0 unspecified atom stereocenters. The normalized spacial score (nSPS) is 9.90. The number of hydrogen-bond acceptors (Lipinski definition) is 5. The van der Waals surface area contributed by atoms with Crippen LogP contribution in [-0.4, -0.2) is 20.6 Å². The third kappa shape index (κ3) is 3.86. The van der Waals surface area contributed by atoms with E-state index in [0.717, 1.165) is 17.1 Å². The standard InChI is InChI=1S/C11H10ClN5OS2/c1-6-2-3-8(7(12)4-6)13-11(19)16-15-10(18)9-5-20-17-14-9/h2-5H,1H3,(H,15,18)(H2,13,16,19). The number of carbonyl (C=O) groups is 1. The summed E-state index contributed by atoms with van der Waals surface area (Å²) >= 11 is 12.2. The monoisotopic (exact) mass is 327 g/mol. The van der Waals surface area contributed by atoms with Gasteiger partial charge in [-0.2, -0.15) is 0 Å². The van der Waals surface area contributed by atoms with Gasteiger partial charge in [0.15, 0.2) is 10.8 Å². The highest BCUT2D eigenvalue weighted by atomic mass is 35.5. The number of benzene rings is 1. The number of hydrogen-bond donors (Lipinski definition) is 3. The third-order valence-electron chi connectivity index (χ3n) is 2.26. The topological polar surface area (TPSA) is 78.9 Å². The van der Waals surface area contributed by atoms with Gasteiger partial charge in [-0.3, -0.25) is 15.6 Å². The van der Waals surface area contributed by atoms with Crippen LogP contribution in [0.4, 0.5) is 5.69 Å². The predicted molar refractivity (Wildman–Crippen MR) is 82.9 cm³/mol. The number of thiocarbonyl (C=S) groups is 1. The molecule has 0 fully saturated rings. The van der Waals surface area contributed by atoms with Crippen LogP contribution in [0.2, 0.25) is 5.02 Å². The Labute approximate surface area is 129 Å². The molecule has 0 saturated heterocycles. The van der Waals surface area contributed by atoms with Crippen molar-refractivity contribution in [3.05, 3.63) is 39.9 Å². The summed E-state index contributed by atoms with van der Waals surface area (Å²) in [5.74, 6) is -0.419. The van der Waals surface area contributed by atoms with E-state index in [0.29, 0.717) is 10.7 Å². The Morgan fingerprint density at radius 1 is 1.40 bits per heavy atom. The van der Waals surface area contributed by atoms with Crippen molar-refractivity contribution in [1.29, 1.82) is 0 Å². The first kappa shape index (κ1) is 14.6. The Bertz CT molecular complexity index is 632. The lowest BCUT2D eigenvalue weighted by molar-refractivity contribution is 0.0939. The molecule has 0 radical (unpaired) electrons. The summed E-state index contributed by atoms with van der Waals surface area (Å²) in [6.45, 7) is 1.94. The number of hydrazine groups is 1. The predicted octanol–water partition coefficient (Wildman–Crippen LogP) is 2.13. The van der Waals surface area contributed by atoms with Crippen LogP contribution in [0.5, 0.6) is 0 Å². The second-order valence-corrected chi connectivity index (χ2v) is 5.23. The van der Waals surface area contributed by atoms with Crippen LogP contribution < -0.4 is 16.2 Å². The molecule has 0 bridgehead atoms. The lowest BCUT2D eigenvalue weighted by Crippen LogP contribution is -2.43. The van der Waals surface area contributed by atoms with Gasteiger partial charge in [0.2, 0.25) is 0 Å². The Kier molecular flexibility index (Phi) is 4.83. The van der Waals surface area contributed by atoms with Crippen LogP contribution >= 0.6 is 35.4 Å². The van der Waals surface area contributed by atoms with Crippen molar-refractivity contribution in [1.82, 2.24) is 20.4 Å². The van der Waals surface area contributed by atoms with E-state index in [4.69, 9.17) is 23.8 Å². The number of carbonyl (C=O) groups excluding carboxylic acids is 1. The Hall–Kier alpha value is -1.77. The summed E-state index contributed by atoms with van der Waals surface area (Å²) in [6, 6.07) is 5.51. The maximum absolute atomic E-state index is 11.6. The fourth-order valence-corrected chi connectivity index (χ4v) is 2.20. The number of nitrogens with one attached hydrogen (secondary N) is 3. The molecule has 3 N–H and O–H groups in total. The van der Waals surface area contributed by atoms with Crippen LogP contribution in [0.3, 0.4) is 0 Å². The largest absolute Gasteiger partial charge is 0.330 e. The number of aromatic nitrogens is 2. The molecule has 20 heavy (non-hydrogen) atoms. The maximum Gasteiger partial charge on any atom is 0.291 e. The van der Waals surface area contributed by atoms with Gasteiger partial charge in [-0.1, -0.05) is 22.2 Å². The molecule has 0 atom stereocenters. The molecule has 0 saturated carbocycles. The average Bonchev–Trinajstić information content (AvgIpc) is 2.93. The van der Waals surface area contributed by atoms with Crippen molar-refractivity contribution in [2.75, 3.05) is 5.32 Å². The highest BCUT2D eigenvalue weighted by molar-refractivity contribution is 7.80. The molecule has 1 aromatic heterocycles. The molecule has 0 aliphatic carbocycles. The molecule has 1 amide bonds. The molecule has 0 spiro atoms. The number of aryl methyl sites for hydroxylation is 1. The molecule has 2 rings (SSSR count). The minimum Gasteiger partial charge on any atom is -0.330 e. The summed E-state index contributed by atoms with van der Waals surface area (Å²) in [5, 5.41) is 8.80. The first-order valence-corrected chi connectivity index (χ1v) is 7.09. The fourth-order valence-electron chi connectivity index (χ4n) is 1.32. The van der Waals surface area contributed by atoms with Gasteiger partial charge in [0, 0.05) is 5.38 Å². The lowest BCUT2D eigenvalue weighted by atomic mass is 10.2. The Balaban J connectivity index is 1.88. The van der Waals surface area contributed by atoms with Crippen molar-refractivity contribution in [2.24, 2.45) is 0 Å². The van der Waals surface area contributed by atoms with E-state index in [9.17, 15) is 4.79 Å². The van der Waals surface area contributed by atoms with E-state index >= 15 is 0 Å². The van der Waals surface area contributed by atoms with E-state index in [1.165, 1.54) is 5.38 Å². The van der Waals surface area contributed by atoms with Crippen molar-refractivity contribution in [3.8, 4) is 0 Å². The number of amides is 1. The van der Waals surface area contributed by atoms with Crippen LogP contribution in [0.25, 0.3) is 0 Å². The minimum atomic E-state index is -0.419. The van der Waals surface area contributed by atoms with Gasteiger partial charge in [-0.25, -0.2) is 0 Å². The molecule has 1 heterocycles. The summed E-state index contributed by atoms with van der Waals surface area (Å²) in [6.07, 6.45) is 0. The number of rotatable bonds is 2. The molecular weight excluding hydrogens is 318 g/mol. The van der Waals surface area contributed by atoms with Gasteiger partial charge in [-0.15, -0.1) is 5.10 Å². The molecule has 9 heteroatoms. The van der Waals surface area contributed by atoms with Gasteiger partial charge in [0.05, 0.1) is 10.7 Å². The van der Waals surface area contributed by atoms with E-state index in [2.05, 4.69) is 25.8 Å². The average molecular weight is 328 g/mol. The molecular formula is C11H10ClN5OS2. The second-order valence-electron chi connectivity index (χ2n) is 3.81. The van der Waals surface area contributed by atoms with E-state index in [1.54, 1.807) is 6.07 Å². The quantitative estimate of drug-likeness (QED) is 0.579. The smallest absolute Gasteiger partial charge is 0.291 e. The number of halogens is 1. The minimum absolute atomic E-state index is 0.215. The first-order chi connectivity index (χ1) is 9.56. The van der Waals surface area contributed by atoms with Crippen molar-refractivity contribution in [3.63, 3.8) is 0 Å². The van der Waals surface area contributed by atoms with Crippen LogP contribution in [0, 0.1) is 6.92 Å². The molecule has 2 aromatic rings. The summed E-state index contributed by atoms with van der Waals surface area (Å²) in [7, 11) is 0. The summed E-state index contributed by atoms with van der Waals surface area (Å²) in [5.41, 5.74) is 6.88. The molecule has 104 valence electrons. The number of nitrogens with zero attached hydrogens (tertiary/aromatic N) is 2.